The van der Waals surface area contributed by atoms with Crippen molar-refractivity contribution in [2.45, 2.75) is 39.7 Å². The van der Waals surface area contributed by atoms with Crippen LogP contribution in [0, 0.1) is 13.8 Å². The number of carbonyl (C=O) groups is 1. The summed E-state index contributed by atoms with van der Waals surface area (Å²) < 4.78 is 5.40. The van der Waals surface area contributed by atoms with Crippen LogP contribution >= 0.6 is 0 Å². The van der Waals surface area contributed by atoms with Crippen molar-refractivity contribution in [1.82, 2.24) is 15.2 Å². The lowest BCUT2D eigenvalue weighted by molar-refractivity contribution is 0.0717. The Hall–Kier alpha value is -1.36. The predicted molar refractivity (Wildman–Crippen MR) is 68.6 cm³/mol. The van der Waals surface area contributed by atoms with Gasteiger partial charge in [0.05, 0.1) is 5.69 Å². The maximum atomic E-state index is 12.4. The van der Waals surface area contributed by atoms with Crippen LogP contribution in [0.5, 0.6) is 0 Å². The molecular weight excluding hydrogens is 230 g/mol. The molecule has 1 saturated heterocycles. The van der Waals surface area contributed by atoms with Crippen molar-refractivity contribution in [1.29, 1.82) is 0 Å². The van der Waals surface area contributed by atoms with Crippen LogP contribution in [0.4, 0.5) is 0 Å². The summed E-state index contributed by atoms with van der Waals surface area (Å²) in [6.45, 7) is 8.05. The van der Waals surface area contributed by atoms with Crippen molar-refractivity contribution in [3.63, 3.8) is 0 Å². The second-order valence-corrected chi connectivity index (χ2v) is 4.78. The number of nitrogens with one attached hydrogen (secondary N) is 1. The minimum Gasteiger partial charge on any atom is -0.436 e. The summed E-state index contributed by atoms with van der Waals surface area (Å²) in [6, 6.07) is 0.415. The average molecular weight is 251 g/mol. The second-order valence-electron chi connectivity index (χ2n) is 4.78. The van der Waals surface area contributed by atoms with Crippen LogP contribution in [0.25, 0.3) is 0 Å². The normalized spacial score (nSPS) is 19.2. The van der Waals surface area contributed by atoms with E-state index in [2.05, 4.69) is 10.3 Å². The van der Waals surface area contributed by atoms with Crippen LogP contribution in [0.3, 0.4) is 0 Å². The van der Waals surface area contributed by atoms with Gasteiger partial charge in [-0.25, -0.2) is 4.98 Å². The Morgan fingerprint density at radius 3 is 2.83 bits per heavy atom. The third kappa shape index (κ3) is 2.72. The molecule has 1 aliphatic heterocycles. The molecule has 0 aromatic carbocycles. The lowest BCUT2D eigenvalue weighted by atomic mass is 10.2. The summed E-state index contributed by atoms with van der Waals surface area (Å²) in [6.07, 6.45) is 2.33. The Balaban J connectivity index is 2.07. The molecule has 0 bridgehead atoms. The van der Waals surface area contributed by atoms with Crippen molar-refractivity contribution in [2.24, 2.45) is 0 Å². The number of carbonyl (C=O) groups excluding carboxylic acids is 1. The highest BCUT2D eigenvalue weighted by atomic mass is 16.4. The van der Waals surface area contributed by atoms with E-state index in [0.717, 1.165) is 19.5 Å². The summed E-state index contributed by atoms with van der Waals surface area (Å²) in [5.74, 6) is 0.877. The Bertz CT molecular complexity index is 422. The second kappa shape index (κ2) is 5.52. The molecule has 18 heavy (non-hydrogen) atoms. The van der Waals surface area contributed by atoms with E-state index < -0.39 is 0 Å². The van der Waals surface area contributed by atoms with Gasteiger partial charge >= 0.3 is 0 Å². The van der Waals surface area contributed by atoms with Gasteiger partial charge < -0.3 is 14.6 Å². The number of likely N-dealkylation sites (N-methyl/N-ethyl adjacent to an activating group) is 1. The lowest BCUT2D eigenvalue weighted by Crippen LogP contribution is -2.41. The smallest absolute Gasteiger partial charge is 0.291 e. The van der Waals surface area contributed by atoms with Gasteiger partial charge in [-0.05, 0) is 33.2 Å². The summed E-state index contributed by atoms with van der Waals surface area (Å²) in [5, 5.41) is 3.41. The van der Waals surface area contributed by atoms with Gasteiger partial charge in [0.1, 0.15) is 0 Å². The fraction of sp³-hybridized carbons (Fsp3) is 0.692. The minimum absolute atomic E-state index is 0.0516. The molecule has 1 amide bonds. The summed E-state index contributed by atoms with van der Waals surface area (Å²) >= 11 is 0. The van der Waals surface area contributed by atoms with Gasteiger partial charge in [-0.1, -0.05) is 0 Å². The van der Waals surface area contributed by atoms with Crippen LogP contribution in [-0.4, -0.2) is 41.5 Å². The molecule has 1 fully saturated rings. The van der Waals surface area contributed by atoms with Crippen LogP contribution in [0.1, 0.15) is 41.9 Å². The fourth-order valence-corrected chi connectivity index (χ4v) is 2.41. The first-order valence-electron chi connectivity index (χ1n) is 6.58. The van der Waals surface area contributed by atoms with Crippen molar-refractivity contribution in [3.8, 4) is 0 Å². The standard InChI is InChI=1S/C13H21N3O2/c1-4-16(8-11-6-5-7-14-11)13(17)12-9(2)15-10(3)18-12/h11,14H,4-8H2,1-3H3. The van der Waals surface area contributed by atoms with Crippen LogP contribution in [0.15, 0.2) is 4.42 Å². The lowest BCUT2D eigenvalue weighted by Gasteiger charge is -2.23. The Morgan fingerprint density at radius 1 is 1.56 bits per heavy atom. The molecule has 0 saturated carbocycles. The van der Waals surface area contributed by atoms with E-state index in [1.807, 2.05) is 18.7 Å². The Labute approximate surface area is 108 Å². The van der Waals surface area contributed by atoms with Crippen molar-refractivity contribution < 1.29 is 9.21 Å². The number of hydrogen-bond acceptors (Lipinski definition) is 4. The van der Waals surface area contributed by atoms with Crippen molar-refractivity contribution in [2.75, 3.05) is 19.6 Å². The van der Waals surface area contributed by atoms with Gasteiger partial charge in [-0.2, -0.15) is 0 Å². The van der Waals surface area contributed by atoms with E-state index in [-0.39, 0.29) is 5.91 Å². The largest absolute Gasteiger partial charge is 0.436 e. The average Bonchev–Trinajstić information content (AvgIpc) is 2.95. The highest BCUT2D eigenvalue weighted by Gasteiger charge is 2.25. The number of nitrogens with zero attached hydrogens (tertiary/aromatic N) is 2. The van der Waals surface area contributed by atoms with E-state index in [1.165, 1.54) is 6.42 Å². The van der Waals surface area contributed by atoms with Gasteiger partial charge in [-0.15, -0.1) is 0 Å². The quantitative estimate of drug-likeness (QED) is 0.881. The maximum absolute atomic E-state index is 12.4. The number of rotatable bonds is 4. The predicted octanol–water partition coefficient (Wildman–Crippen LogP) is 1.51. The van der Waals surface area contributed by atoms with Gasteiger partial charge in [0, 0.05) is 26.1 Å². The zero-order chi connectivity index (χ0) is 13.1. The van der Waals surface area contributed by atoms with E-state index >= 15 is 0 Å². The molecule has 1 N–H and O–H groups in total. The molecular formula is C13H21N3O2. The van der Waals surface area contributed by atoms with Crippen LogP contribution in [0.2, 0.25) is 0 Å². The fourth-order valence-electron chi connectivity index (χ4n) is 2.41. The van der Waals surface area contributed by atoms with Gasteiger partial charge in [0.15, 0.2) is 5.89 Å². The third-order valence-corrected chi connectivity index (χ3v) is 3.37. The summed E-state index contributed by atoms with van der Waals surface area (Å²) in [5.41, 5.74) is 0.676. The highest BCUT2D eigenvalue weighted by Crippen LogP contribution is 2.14. The molecule has 1 atom stereocenters. The number of hydrogen-bond donors (Lipinski definition) is 1. The van der Waals surface area contributed by atoms with E-state index in [0.29, 0.717) is 29.9 Å². The molecule has 0 spiro atoms. The topological polar surface area (TPSA) is 58.4 Å². The third-order valence-electron chi connectivity index (χ3n) is 3.37. The first-order chi connectivity index (χ1) is 8.61. The zero-order valence-electron chi connectivity index (χ0n) is 11.3. The molecule has 5 heteroatoms. The molecule has 1 aromatic heterocycles. The molecule has 5 nitrogen and oxygen atoms in total. The van der Waals surface area contributed by atoms with Gasteiger partial charge in [0.25, 0.3) is 5.91 Å². The monoisotopic (exact) mass is 251 g/mol. The molecule has 2 rings (SSSR count). The van der Waals surface area contributed by atoms with E-state index in [9.17, 15) is 4.79 Å². The Morgan fingerprint density at radius 2 is 2.33 bits per heavy atom. The number of aromatic nitrogens is 1. The van der Waals surface area contributed by atoms with Crippen molar-refractivity contribution >= 4 is 5.91 Å². The van der Waals surface area contributed by atoms with Gasteiger partial charge in [-0.3, -0.25) is 4.79 Å². The summed E-state index contributed by atoms with van der Waals surface area (Å²) in [7, 11) is 0. The Kier molecular flexibility index (Phi) is 4.01. The van der Waals surface area contributed by atoms with Crippen LogP contribution in [-0.2, 0) is 0 Å². The molecule has 1 aromatic rings. The maximum Gasteiger partial charge on any atom is 0.291 e. The van der Waals surface area contributed by atoms with Crippen molar-refractivity contribution in [3.05, 3.63) is 17.3 Å². The first kappa shape index (κ1) is 13.1. The molecule has 2 heterocycles. The SMILES string of the molecule is CCN(CC1CCCN1)C(=O)c1oc(C)nc1C. The van der Waals surface area contributed by atoms with E-state index in [4.69, 9.17) is 4.42 Å². The van der Waals surface area contributed by atoms with Crippen LogP contribution < -0.4 is 5.32 Å². The molecule has 100 valence electrons. The first-order valence-corrected chi connectivity index (χ1v) is 6.58. The number of aryl methyl sites for hydroxylation is 2. The minimum atomic E-state index is -0.0516. The molecule has 0 radical (unpaired) electrons. The summed E-state index contributed by atoms with van der Waals surface area (Å²) in [4.78, 5) is 18.3. The highest BCUT2D eigenvalue weighted by molar-refractivity contribution is 5.92. The van der Waals surface area contributed by atoms with Gasteiger partial charge in [0.2, 0.25) is 5.76 Å². The number of amides is 1. The molecule has 0 aliphatic carbocycles. The number of oxazole rings is 1. The molecule has 1 unspecified atom stereocenters. The molecule has 1 aliphatic rings. The zero-order valence-corrected chi connectivity index (χ0v) is 11.3. The van der Waals surface area contributed by atoms with E-state index in [1.54, 1.807) is 6.92 Å².